The number of carbonyl (C=O) groups is 1. The van der Waals surface area contributed by atoms with Gasteiger partial charge in [0.25, 0.3) is 5.91 Å². The average Bonchev–Trinajstić information content (AvgIpc) is 3.23. The van der Waals surface area contributed by atoms with Crippen molar-refractivity contribution in [2.75, 3.05) is 18.4 Å². The van der Waals surface area contributed by atoms with E-state index in [-0.39, 0.29) is 11.7 Å². The average molecular weight is 481 g/mol. The highest BCUT2D eigenvalue weighted by atomic mass is 16.2. The van der Waals surface area contributed by atoms with Gasteiger partial charge in [0.1, 0.15) is 11.7 Å². The zero-order valence-corrected chi connectivity index (χ0v) is 20.6. The Hall–Kier alpha value is -4.13. The van der Waals surface area contributed by atoms with E-state index >= 15 is 0 Å². The predicted octanol–water partition coefficient (Wildman–Crippen LogP) is 4.36. The number of imidazole rings is 1. The van der Waals surface area contributed by atoms with E-state index in [9.17, 15) is 4.79 Å². The number of benzene rings is 3. The number of nitrogen functional groups attached to an aromatic ring is 1. The van der Waals surface area contributed by atoms with Gasteiger partial charge in [-0.15, -0.1) is 0 Å². The molecule has 2 heterocycles. The molecule has 0 saturated carbocycles. The van der Waals surface area contributed by atoms with E-state index in [1.807, 2.05) is 72.6 Å². The molecular weight excluding hydrogens is 448 g/mol. The zero-order chi connectivity index (χ0) is 25.1. The first-order valence-electron chi connectivity index (χ1n) is 12.5. The molecule has 4 N–H and O–H groups in total. The van der Waals surface area contributed by atoms with Gasteiger partial charge >= 0.3 is 0 Å². The Kier molecular flexibility index (Phi) is 6.71. The van der Waals surface area contributed by atoms with Crippen LogP contribution in [0.5, 0.6) is 0 Å². The van der Waals surface area contributed by atoms with Crippen LogP contribution in [-0.4, -0.2) is 45.3 Å². The zero-order valence-electron chi connectivity index (χ0n) is 20.6. The predicted molar refractivity (Wildman–Crippen MR) is 145 cm³/mol. The van der Waals surface area contributed by atoms with Crippen molar-refractivity contribution >= 4 is 28.5 Å². The van der Waals surface area contributed by atoms with Crippen LogP contribution >= 0.6 is 0 Å². The van der Waals surface area contributed by atoms with Gasteiger partial charge in [0.2, 0.25) is 0 Å². The van der Waals surface area contributed by atoms with Gasteiger partial charge < -0.3 is 20.5 Å². The second-order valence-corrected chi connectivity index (χ2v) is 9.48. The molecule has 7 nitrogen and oxygen atoms in total. The van der Waals surface area contributed by atoms with Crippen molar-refractivity contribution in [1.82, 2.24) is 14.5 Å². The molecule has 1 aromatic heterocycles. The van der Waals surface area contributed by atoms with Crippen molar-refractivity contribution in [1.29, 1.82) is 5.41 Å². The van der Waals surface area contributed by atoms with Crippen LogP contribution in [0, 0.1) is 5.41 Å². The van der Waals surface area contributed by atoms with Crippen molar-refractivity contribution in [3.05, 3.63) is 95.3 Å². The van der Waals surface area contributed by atoms with Crippen LogP contribution in [0.2, 0.25) is 0 Å². The molecule has 0 aliphatic carbocycles. The summed E-state index contributed by atoms with van der Waals surface area (Å²) in [7, 11) is 2.02. The lowest BCUT2D eigenvalue weighted by molar-refractivity contribution is 0.0718. The van der Waals surface area contributed by atoms with Crippen LogP contribution in [0.25, 0.3) is 11.0 Å². The molecule has 1 amide bonds. The van der Waals surface area contributed by atoms with Crippen molar-refractivity contribution in [3.63, 3.8) is 0 Å². The smallest absolute Gasteiger partial charge is 0.253 e. The molecule has 5 rings (SSSR count). The third-order valence-corrected chi connectivity index (χ3v) is 7.05. The highest BCUT2D eigenvalue weighted by Crippen LogP contribution is 2.22. The molecule has 184 valence electrons. The minimum Gasteiger partial charge on any atom is -0.384 e. The van der Waals surface area contributed by atoms with Crippen LogP contribution in [0.4, 0.5) is 5.69 Å². The van der Waals surface area contributed by atoms with E-state index in [1.54, 1.807) is 0 Å². The largest absolute Gasteiger partial charge is 0.384 e. The number of rotatable bonds is 7. The number of hydrogen-bond donors (Lipinski definition) is 3. The van der Waals surface area contributed by atoms with E-state index in [0.717, 1.165) is 66.9 Å². The third kappa shape index (κ3) is 5.10. The molecule has 1 aliphatic heterocycles. The van der Waals surface area contributed by atoms with Crippen LogP contribution < -0.4 is 11.1 Å². The van der Waals surface area contributed by atoms with Gasteiger partial charge in [0.15, 0.2) is 0 Å². The minimum atomic E-state index is 0.0767. The third-order valence-electron chi connectivity index (χ3n) is 7.05. The molecule has 0 spiro atoms. The summed E-state index contributed by atoms with van der Waals surface area (Å²) < 4.78 is 2.11. The summed E-state index contributed by atoms with van der Waals surface area (Å²) in [5, 5.41) is 11.1. The molecule has 1 saturated heterocycles. The number of piperidine rings is 1. The van der Waals surface area contributed by atoms with Crippen molar-refractivity contribution < 1.29 is 4.79 Å². The summed E-state index contributed by atoms with van der Waals surface area (Å²) in [6.07, 6.45) is 3.50. The maximum Gasteiger partial charge on any atom is 0.253 e. The molecule has 0 radical (unpaired) electrons. The summed E-state index contributed by atoms with van der Waals surface area (Å²) in [5.41, 5.74) is 11.2. The Morgan fingerprint density at radius 1 is 1.00 bits per heavy atom. The Balaban J connectivity index is 1.22. The van der Waals surface area contributed by atoms with Gasteiger partial charge in [-0.2, -0.15) is 0 Å². The number of aryl methyl sites for hydroxylation is 3. The van der Waals surface area contributed by atoms with E-state index in [1.165, 1.54) is 5.56 Å². The Bertz CT molecular complexity index is 1370. The molecule has 4 aromatic rings. The van der Waals surface area contributed by atoms with E-state index in [2.05, 4.69) is 22.0 Å². The molecule has 7 heteroatoms. The number of nitrogens with one attached hydrogen (secondary N) is 2. The minimum absolute atomic E-state index is 0.0767. The number of amides is 1. The Morgan fingerprint density at radius 3 is 2.39 bits per heavy atom. The summed E-state index contributed by atoms with van der Waals surface area (Å²) in [6.45, 7) is 1.49. The summed E-state index contributed by atoms with van der Waals surface area (Å²) in [4.78, 5) is 20.0. The molecule has 0 unspecified atom stereocenters. The molecular formula is C29H32N6O. The number of anilines is 1. The van der Waals surface area contributed by atoms with Crippen LogP contribution in [0.1, 0.15) is 40.2 Å². The van der Waals surface area contributed by atoms with Gasteiger partial charge in [-0.3, -0.25) is 10.2 Å². The maximum absolute atomic E-state index is 13.2. The van der Waals surface area contributed by atoms with Gasteiger partial charge in [0.05, 0.1) is 11.0 Å². The number of nitrogens with two attached hydrogens (primary N) is 1. The van der Waals surface area contributed by atoms with Gasteiger partial charge in [-0.25, -0.2) is 4.98 Å². The van der Waals surface area contributed by atoms with E-state index in [0.29, 0.717) is 11.6 Å². The first-order chi connectivity index (χ1) is 17.5. The summed E-state index contributed by atoms with van der Waals surface area (Å²) in [5.74, 6) is 1.14. The molecule has 1 aliphatic rings. The Morgan fingerprint density at radius 2 is 1.69 bits per heavy atom. The second-order valence-electron chi connectivity index (χ2n) is 9.48. The highest BCUT2D eigenvalue weighted by Gasteiger charge is 2.24. The number of hydrogen-bond acceptors (Lipinski definition) is 4. The number of aromatic nitrogens is 2. The van der Waals surface area contributed by atoms with Crippen molar-refractivity contribution in [2.24, 2.45) is 12.8 Å². The molecule has 3 aromatic carbocycles. The summed E-state index contributed by atoms with van der Waals surface area (Å²) in [6, 6.07) is 24.3. The van der Waals surface area contributed by atoms with E-state index < -0.39 is 0 Å². The topological polar surface area (TPSA) is 100 Å². The van der Waals surface area contributed by atoms with E-state index in [4.69, 9.17) is 16.1 Å². The quantitative estimate of drug-likeness (QED) is 0.270. The standard InChI is InChI=1S/C29H32N6O/c1-34-26-13-12-22(29(36)35-17-15-24(16-18-35)32-23-5-3-2-4-6-23)19-25(26)33-27(34)14-9-20-7-10-21(11-8-20)28(30)31/h2-8,10-13,19,24,32H,9,14-18H2,1H3,(H3,30,31). The fourth-order valence-electron chi connectivity index (χ4n) is 4.89. The second kappa shape index (κ2) is 10.2. The molecule has 0 atom stereocenters. The lowest BCUT2D eigenvalue weighted by Gasteiger charge is -2.33. The summed E-state index contributed by atoms with van der Waals surface area (Å²) >= 11 is 0. The van der Waals surface area contributed by atoms with Crippen LogP contribution in [0.15, 0.2) is 72.8 Å². The number of nitrogens with zero attached hydrogens (tertiary/aromatic N) is 3. The van der Waals surface area contributed by atoms with Crippen LogP contribution in [0.3, 0.4) is 0 Å². The number of carbonyl (C=O) groups excluding carboxylic acids is 1. The van der Waals surface area contributed by atoms with Crippen LogP contribution in [-0.2, 0) is 19.9 Å². The molecule has 36 heavy (non-hydrogen) atoms. The number of para-hydroxylation sites is 1. The number of fused-ring (bicyclic) bond motifs is 1. The number of amidine groups is 1. The molecule has 0 bridgehead atoms. The van der Waals surface area contributed by atoms with Gasteiger partial charge in [-0.1, -0.05) is 42.5 Å². The fraction of sp³-hybridized carbons (Fsp3) is 0.276. The van der Waals surface area contributed by atoms with Crippen molar-refractivity contribution in [2.45, 2.75) is 31.7 Å². The fourth-order valence-corrected chi connectivity index (χ4v) is 4.89. The van der Waals surface area contributed by atoms with Crippen molar-refractivity contribution in [3.8, 4) is 0 Å². The lowest BCUT2D eigenvalue weighted by atomic mass is 10.0. The number of likely N-dealkylation sites (tertiary alicyclic amines) is 1. The Labute approximate surface area is 211 Å². The van der Waals surface area contributed by atoms with Gasteiger partial charge in [-0.05, 0) is 55.2 Å². The highest BCUT2D eigenvalue weighted by molar-refractivity contribution is 5.97. The first kappa shape index (κ1) is 23.6. The first-order valence-corrected chi connectivity index (χ1v) is 12.5. The lowest BCUT2D eigenvalue weighted by Crippen LogP contribution is -2.42. The molecule has 1 fully saturated rings. The van der Waals surface area contributed by atoms with Gasteiger partial charge in [0, 0.05) is 49.4 Å². The monoisotopic (exact) mass is 480 g/mol. The SMILES string of the molecule is Cn1c(CCc2ccc(C(=N)N)cc2)nc2cc(C(=O)N3CCC(Nc4ccccc4)CC3)ccc21. The maximum atomic E-state index is 13.2. The normalized spacial score (nSPS) is 14.2.